The summed E-state index contributed by atoms with van der Waals surface area (Å²) in [5.74, 6) is -5.39. The fourth-order valence-corrected chi connectivity index (χ4v) is 10.5. The molecule has 0 radical (unpaired) electrons. The van der Waals surface area contributed by atoms with E-state index in [0.717, 1.165) is 43.4 Å². The molecule has 1 unspecified atom stereocenters. The fourth-order valence-electron chi connectivity index (χ4n) is 10.2. The molecule has 3 aromatic carbocycles. The van der Waals surface area contributed by atoms with Crippen molar-refractivity contribution in [1.82, 2.24) is 20.4 Å². The Bertz CT molecular complexity index is 2100. The van der Waals surface area contributed by atoms with Gasteiger partial charge in [0.2, 0.25) is 17.7 Å². The van der Waals surface area contributed by atoms with Crippen molar-refractivity contribution in [2.24, 2.45) is 5.92 Å². The van der Waals surface area contributed by atoms with Gasteiger partial charge in [-0.2, -0.15) is 13.2 Å². The largest absolute Gasteiger partial charge is 0.471 e. The van der Waals surface area contributed by atoms with Gasteiger partial charge in [-0.3, -0.25) is 24.0 Å². The first-order valence-corrected chi connectivity index (χ1v) is 23.8. The molecule has 3 atom stereocenters. The van der Waals surface area contributed by atoms with Crippen molar-refractivity contribution in [1.29, 1.82) is 0 Å². The minimum Gasteiger partial charge on any atom is -0.444 e. The Morgan fingerprint density at radius 2 is 1.32 bits per heavy atom. The quantitative estimate of drug-likeness (QED) is 0.123. The maximum Gasteiger partial charge on any atom is 0.471 e. The Labute approximate surface area is 386 Å². The third-order valence-electron chi connectivity index (χ3n) is 13.6. The van der Waals surface area contributed by atoms with Gasteiger partial charge in [0.15, 0.2) is 5.60 Å². The number of hydrogen-bond donors (Lipinski definition) is 2. The summed E-state index contributed by atoms with van der Waals surface area (Å²) in [5.41, 5.74) is -0.505. The lowest BCUT2D eigenvalue weighted by molar-refractivity contribution is -0.177. The van der Waals surface area contributed by atoms with Crippen LogP contribution >= 0.6 is 11.6 Å². The molecule has 14 heteroatoms. The van der Waals surface area contributed by atoms with Gasteiger partial charge in [-0.15, -0.1) is 0 Å². The van der Waals surface area contributed by atoms with Gasteiger partial charge < -0.3 is 25.2 Å². The molecule has 2 aliphatic carbocycles. The average molecular weight is 922 g/mol. The van der Waals surface area contributed by atoms with Crippen LogP contribution in [0.1, 0.15) is 145 Å². The van der Waals surface area contributed by atoms with Crippen LogP contribution in [-0.2, 0) is 34.3 Å². The van der Waals surface area contributed by atoms with Gasteiger partial charge in [0.25, 0.3) is 0 Å². The van der Waals surface area contributed by atoms with E-state index in [9.17, 15) is 37.1 Å². The van der Waals surface area contributed by atoms with E-state index in [1.54, 1.807) is 36.9 Å². The van der Waals surface area contributed by atoms with E-state index >= 15 is 0 Å². The number of hydrogen-bond acceptors (Lipinski definition) is 6. The number of esters is 1. The summed E-state index contributed by atoms with van der Waals surface area (Å²) in [6.45, 7) is 4.15. The second-order valence-electron chi connectivity index (χ2n) is 18.5. The van der Waals surface area contributed by atoms with Crippen molar-refractivity contribution < 1.29 is 41.9 Å². The summed E-state index contributed by atoms with van der Waals surface area (Å²) in [6, 6.07) is 21.9. The Morgan fingerprint density at radius 3 is 1.89 bits per heavy atom. The first-order valence-electron chi connectivity index (χ1n) is 23.5. The molecule has 0 aromatic heterocycles. The Hall–Kier alpha value is -4.91. The van der Waals surface area contributed by atoms with Crippen molar-refractivity contribution in [2.45, 2.75) is 152 Å². The number of rotatable bonds is 14. The first kappa shape index (κ1) is 49.5. The highest BCUT2D eigenvalue weighted by molar-refractivity contribution is 6.31. The maximum atomic E-state index is 14.8. The lowest BCUT2D eigenvalue weighted by atomic mass is 9.78. The number of halogens is 4. The number of nitrogens with zero attached hydrogens (tertiary/aromatic N) is 2. The van der Waals surface area contributed by atoms with Crippen molar-refractivity contribution in [3.05, 3.63) is 106 Å². The number of nitrogens with one attached hydrogen (secondary N) is 2. The van der Waals surface area contributed by atoms with E-state index in [1.807, 2.05) is 53.8 Å². The molecule has 1 heterocycles. The summed E-state index contributed by atoms with van der Waals surface area (Å²) in [6.07, 6.45) is 7.13. The molecule has 4 amide bonds. The number of benzene rings is 3. The molecule has 352 valence electrons. The van der Waals surface area contributed by atoms with E-state index in [2.05, 4.69) is 17.4 Å². The lowest BCUT2D eigenvalue weighted by Crippen LogP contribution is -2.64. The molecule has 3 aliphatic rings. The van der Waals surface area contributed by atoms with Crippen LogP contribution in [0.4, 0.5) is 13.2 Å². The highest BCUT2D eigenvalue weighted by atomic mass is 35.5. The number of ether oxygens (including phenoxy) is 1. The zero-order valence-corrected chi connectivity index (χ0v) is 38.7. The molecular formula is C51H64ClF3N4O6. The van der Waals surface area contributed by atoms with Gasteiger partial charge in [0, 0.05) is 41.9 Å². The smallest absolute Gasteiger partial charge is 0.444 e. The van der Waals surface area contributed by atoms with Crippen LogP contribution in [0.3, 0.4) is 0 Å². The van der Waals surface area contributed by atoms with E-state index in [1.165, 1.54) is 44.7 Å². The number of alkyl halides is 3. The molecule has 1 aliphatic heterocycles. The Balaban J connectivity index is 1.33. The molecule has 65 heavy (non-hydrogen) atoms. The maximum absolute atomic E-state index is 14.8. The molecule has 3 fully saturated rings. The van der Waals surface area contributed by atoms with Gasteiger partial charge in [-0.05, 0) is 62.0 Å². The summed E-state index contributed by atoms with van der Waals surface area (Å²) in [5, 5.41) is 5.06. The van der Waals surface area contributed by atoms with Crippen LogP contribution in [0.2, 0.25) is 5.02 Å². The summed E-state index contributed by atoms with van der Waals surface area (Å²) in [4.78, 5) is 72.6. The predicted octanol–water partition coefficient (Wildman–Crippen LogP) is 9.75. The van der Waals surface area contributed by atoms with Crippen molar-refractivity contribution in [2.75, 3.05) is 20.1 Å². The van der Waals surface area contributed by atoms with Gasteiger partial charge >= 0.3 is 18.1 Å². The normalized spacial score (nSPS) is 19.1. The van der Waals surface area contributed by atoms with Gasteiger partial charge in [-0.25, -0.2) is 0 Å². The van der Waals surface area contributed by atoms with Crippen LogP contribution in [0.15, 0.2) is 78.9 Å². The first-order chi connectivity index (χ1) is 31.1. The molecule has 3 aromatic rings. The number of carbonyl (C=O) groups excluding carboxylic acids is 5. The van der Waals surface area contributed by atoms with E-state index in [-0.39, 0.29) is 12.8 Å². The van der Waals surface area contributed by atoms with Gasteiger partial charge in [0.1, 0.15) is 17.6 Å². The van der Waals surface area contributed by atoms with E-state index in [0.29, 0.717) is 53.6 Å². The molecular weight excluding hydrogens is 857 g/mol. The minimum atomic E-state index is -5.22. The number of likely N-dealkylation sites (tertiary alicyclic amines) is 1. The summed E-state index contributed by atoms with van der Waals surface area (Å²) >= 11 is 7.02. The van der Waals surface area contributed by atoms with Crippen LogP contribution in [-0.4, -0.2) is 83.3 Å². The fraction of sp³-hybridized carbons (Fsp3) is 0.549. The molecule has 1 saturated heterocycles. The molecule has 10 nitrogen and oxygen atoms in total. The van der Waals surface area contributed by atoms with E-state index in [4.69, 9.17) is 16.3 Å². The lowest BCUT2D eigenvalue weighted by Gasteiger charge is -2.39. The van der Waals surface area contributed by atoms with Crippen molar-refractivity contribution in [3.8, 4) is 0 Å². The van der Waals surface area contributed by atoms with Crippen LogP contribution in [0, 0.1) is 5.92 Å². The topological polar surface area (TPSA) is 125 Å². The monoisotopic (exact) mass is 920 g/mol. The third kappa shape index (κ3) is 11.7. The number of likely N-dealkylation sites (N-methyl/N-ethyl adjacent to an activating group) is 1. The Kier molecular flexibility index (Phi) is 16.8. The SMILES string of the molecule is CC(C)[C@@H](C(=O)N[C@@H](CC(=O)OC(c1ccccc1)(c1ccc(C2CCCCCCCCC2)cc1)c1ccccc1Cl)C(=O)N1CCCC1)N(C)C(=O)C1(NC(=O)C(F)(F)F)CCCC1. The molecule has 0 bridgehead atoms. The van der Waals surface area contributed by atoms with Gasteiger partial charge in [0.05, 0.1) is 6.42 Å². The van der Waals surface area contributed by atoms with Crippen LogP contribution in [0.5, 0.6) is 0 Å². The zero-order valence-electron chi connectivity index (χ0n) is 37.9. The minimum absolute atomic E-state index is 0.0375. The van der Waals surface area contributed by atoms with Gasteiger partial charge in [-0.1, -0.05) is 156 Å². The number of amides is 4. The Morgan fingerprint density at radius 1 is 0.769 bits per heavy atom. The molecule has 6 rings (SSSR count). The zero-order chi connectivity index (χ0) is 46.8. The molecule has 2 saturated carbocycles. The highest BCUT2D eigenvalue weighted by Crippen LogP contribution is 2.45. The second-order valence-corrected chi connectivity index (χ2v) is 18.9. The van der Waals surface area contributed by atoms with Crippen LogP contribution in [0.25, 0.3) is 0 Å². The van der Waals surface area contributed by atoms with Crippen molar-refractivity contribution in [3.63, 3.8) is 0 Å². The molecule has 0 spiro atoms. The molecule has 2 N–H and O–H groups in total. The standard InChI is InChI=1S/C51H64ClF3N4O6/c1-35(2)44(58(3)48(64)49(30-16-17-31-49)57-47(63)51(53,54)55)45(61)56-42(46(62)59-32-18-19-33-59)34-43(60)65-50(38-22-12-9-13-23-38,40-24-14-15-25-41(40)52)39-28-26-37(27-29-39)36-20-10-7-5-4-6-8-11-21-36/h9,12-15,22-29,35-36,42,44H,4-8,10-11,16-21,30-34H2,1-3H3,(H,56,61)(H,57,63)/t42-,44-,50?/m0/s1. The van der Waals surface area contributed by atoms with Crippen LogP contribution < -0.4 is 10.6 Å². The van der Waals surface area contributed by atoms with Crippen molar-refractivity contribution >= 4 is 41.2 Å². The average Bonchev–Trinajstić information content (AvgIpc) is 4.01. The highest BCUT2D eigenvalue weighted by Gasteiger charge is 2.51. The summed E-state index contributed by atoms with van der Waals surface area (Å²) < 4.78 is 47.1. The number of carbonyl (C=O) groups is 5. The third-order valence-corrected chi connectivity index (χ3v) is 13.9. The summed E-state index contributed by atoms with van der Waals surface area (Å²) in [7, 11) is 1.31. The predicted molar refractivity (Wildman–Crippen MR) is 244 cm³/mol. The van der Waals surface area contributed by atoms with E-state index < -0.39 is 71.3 Å². The second kappa shape index (κ2) is 22.1.